The van der Waals surface area contributed by atoms with Gasteiger partial charge in [0.2, 0.25) is 0 Å². The van der Waals surface area contributed by atoms with E-state index in [0.717, 1.165) is 0 Å². The van der Waals surface area contributed by atoms with E-state index in [0.29, 0.717) is 11.5 Å². The molecule has 4 heteroatoms. The van der Waals surface area contributed by atoms with Gasteiger partial charge in [0.1, 0.15) is 11.5 Å². The topological polar surface area (TPSA) is 38.7 Å². The molecule has 0 spiro atoms. The number of hydrogen-bond acceptors (Lipinski definition) is 3. The highest BCUT2D eigenvalue weighted by Crippen LogP contribution is 2.24. The Morgan fingerprint density at radius 3 is 1.80 bits per heavy atom. The Bertz CT molecular complexity index is 532. The van der Waals surface area contributed by atoms with Gasteiger partial charge in [-0.3, -0.25) is 0 Å². The summed E-state index contributed by atoms with van der Waals surface area (Å²) in [6.45, 7) is 6.45. The summed E-state index contributed by atoms with van der Waals surface area (Å²) in [5.41, 5.74) is 1.31. The van der Waals surface area contributed by atoms with Crippen LogP contribution in [0.15, 0.2) is 54.6 Å². The van der Waals surface area contributed by atoms with Gasteiger partial charge in [-0.1, -0.05) is 51.1 Å². The third kappa shape index (κ3) is 4.03. The standard InChI is InChI=1S/C16H19BO3/c1-16(2,3)13-9-11-15(12-10-13)20-17(18)19-14-7-5-4-6-8-14/h4-12,18H,1-3H3. The lowest BCUT2D eigenvalue weighted by molar-refractivity contribution is 0.298. The highest BCUT2D eigenvalue weighted by molar-refractivity contribution is 6.36. The maximum Gasteiger partial charge on any atom is 0.785 e. The van der Waals surface area contributed by atoms with Crippen LogP contribution in [-0.2, 0) is 5.41 Å². The summed E-state index contributed by atoms with van der Waals surface area (Å²) in [5.74, 6) is 1.13. The van der Waals surface area contributed by atoms with Crippen LogP contribution in [0.25, 0.3) is 0 Å². The van der Waals surface area contributed by atoms with Crippen molar-refractivity contribution in [3.8, 4) is 11.5 Å². The summed E-state index contributed by atoms with van der Waals surface area (Å²) in [6, 6.07) is 16.7. The maximum atomic E-state index is 9.74. The molecule has 0 radical (unpaired) electrons. The van der Waals surface area contributed by atoms with Gasteiger partial charge in [-0.2, -0.15) is 0 Å². The third-order valence-corrected chi connectivity index (χ3v) is 2.94. The van der Waals surface area contributed by atoms with Gasteiger partial charge in [0.15, 0.2) is 0 Å². The number of hydrogen-bond donors (Lipinski definition) is 1. The second-order valence-electron chi connectivity index (χ2n) is 5.63. The first-order chi connectivity index (χ1) is 9.45. The normalized spacial score (nSPS) is 11.0. The summed E-state index contributed by atoms with van der Waals surface area (Å²) in [4.78, 5) is 0. The molecule has 3 nitrogen and oxygen atoms in total. The number of para-hydroxylation sites is 1. The molecule has 0 saturated heterocycles. The van der Waals surface area contributed by atoms with Crippen LogP contribution in [0.3, 0.4) is 0 Å². The van der Waals surface area contributed by atoms with E-state index in [2.05, 4.69) is 20.8 Å². The molecule has 104 valence electrons. The van der Waals surface area contributed by atoms with Crippen molar-refractivity contribution < 1.29 is 14.3 Å². The van der Waals surface area contributed by atoms with Crippen molar-refractivity contribution in [3.05, 3.63) is 60.2 Å². The van der Waals surface area contributed by atoms with Gasteiger partial charge in [0, 0.05) is 0 Å². The first kappa shape index (κ1) is 14.5. The summed E-state index contributed by atoms with van der Waals surface area (Å²) in [7, 11) is -1.32. The fraction of sp³-hybridized carbons (Fsp3) is 0.250. The van der Waals surface area contributed by atoms with E-state index >= 15 is 0 Å². The van der Waals surface area contributed by atoms with Crippen molar-refractivity contribution in [1.82, 2.24) is 0 Å². The zero-order valence-corrected chi connectivity index (χ0v) is 12.0. The molecule has 0 bridgehead atoms. The van der Waals surface area contributed by atoms with Gasteiger partial charge in [0.25, 0.3) is 0 Å². The Morgan fingerprint density at radius 2 is 1.30 bits per heavy atom. The van der Waals surface area contributed by atoms with Crippen LogP contribution < -0.4 is 9.31 Å². The summed E-state index contributed by atoms with van der Waals surface area (Å²) in [6.07, 6.45) is 0. The molecule has 0 aliphatic carbocycles. The minimum absolute atomic E-state index is 0.0949. The van der Waals surface area contributed by atoms with Gasteiger partial charge in [0.05, 0.1) is 0 Å². The molecule has 0 atom stereocenters. The van der Waals surface area contributed by atoms with E-state index in [-0.39, 0.29) is 5.41 Å². The van der Waals surface area contributed by atoms with Gasteiger partial charge < -0.3 is 14.3 Å². The molecule has 2 aromatic carbocycles. The van der Waals surface area contributed by atoms with Crippen LogP contribution in [0.2, 0.25) is 0 Å². The first-order valence-electron chi connectivity index (χ1n) is 6.62. The molecule has 20 heavy (non-hydrogen) atoms. The van der Waals surface area contributed by atoms with Gasteiger partial charge in [-0.15, -0.1) is 0 Å². The van der Waals surface area contributed by atoms with Crippen LogP contribution in [0.1, 0.15) is 26.3 Å². The molecular weight excluding hydrogens is 251 g/mol. The molecule has 0 saturated carbocycles. The smallest absolute Gasteiger partial charge is 0.501 e. The molecule has 0 heterocycles. The minimum atomic E-state index is -1.32. The molecule has 0 amide bonds. The number of benzene rings is 2. The highest BCUT2D eigenvalue weighted by atomic mass is 16.7. The van der Waals surface area contributed by atoms with E-state index in [1.807, 2.05) is 42.5 Å². The monoisotopic (exact) mass is 270 g/mol. The molecular formula is C16H19BO3. The van der Waals surface area contributed by atoms with E-state index in [1.165, 1.54) is 5.56 Å². The average molecular weight is 270 g/mol. The summed E-state index contributed by atoms with van der Waals surface area (Å²) < 4.78 is 10.6. The molecule has 0 unspecified atom stereocenters. The zero-order chi connectivity index (χ0) is 14.6. The minimum Gasteiger partial charge on any atom is -0.501 e. The van der Waals surface area contributed by atoms with Gasteiger partial charge in [-0.25, -0.2) is 0 Å². The first-order valence-corrected chi connectivity index (χ1v) is 6.62. The lowest BCUT2D eigenvalue weighted by atomic mass is 9.87. The Hall–Kier alpha value is -1.94. The van der Waals surface area contributed by atoms with Crippen molar-refractivity contribution >= 4 is 7.32 Å². The van der Waals surface area contributed by atoms with Crippen LogP contribution >= 0.6 is 0 Å². The van der Waals surface area contributed by atoms with E-state index < -0.39 is 7.32 Å². The lowest BCUT2D eigenvalue weighted by Crippen LogP contribution is -2.29. The molecule has 0 fully saturated rings. The lowest BCUT2D eigenvalue weighted by Gasteiger charge is -2.19. The fourth-order valence-corrected chi connectivity index (χ4v) is 1.79. The molecule has 0 aliphatic rings. The Morgan fingerprint density at radius 1 is 0.800 bits per heavy atom. The average Bonchev–Trinajstić information content (AvgIpc) is 2.39. The van der Waals surface area contributed by atoms with Crippen molar-refractivity contribution in [3.63, 3.8) is 0 Å². The predicted octanol–water partition coefficient (Wildman–Crippen LogP) is 3.42. The second kappa shape index (κ2) is 6.01. The quantitative estimate of drug-likeness (QED) is 0.865. The summed E-state index contributed by atoms with van der Waals surface area (Å²) in [5, 5.41) is 9.74. The van der Waals surface area contributed by atoms with E-state index in [1.54, 1.807) is 12.1 Å². The largest absolute Gasteiger partial charge is 0.785 e. The SMILES string of the molecule is CC(C)(C)c1ccc(OB(O)Oc2ccccc2)cc1. The Labute approximate surface area is 120 Å². The molecule has 2 rings (SSSR count). The van der Waals surface area contributed by atoms with Crippen LogP contribution in [-0.4, -0.2) is 12.3 Å². The predicted molar refractivity (Wildman–Crippen MR) is 80.8 cm³/mol. The van der Waals surface area contributed by atoms with Crippen LogP contribution in [0.5, 0.6) is 11.5 Å². The fourth-order valence-electron chi connectivity index (χ4n) is 1.79. The van der Waals surface area contributed by atoms with Crippen molar-refractivity contribution in [2.24, 2.45) is 0 Å². The molecule has 0 aliphatic heterocycles. The third-order valence-electron chi connectivity index (χ3n) is 2.94. The highest BCUT2D eigenvalue weighted by Gasteiger charge is 2.21. The van der Waals surface area contributed by atoms with Crippen molar-refractivity contribution in [2.75, 3.05) is 0 Å². The Balaban J connectivity index is 1.96. The number of rotatable bonds is 4. The van der Waals surface area contributed by atoms with Crippen LogP contribution in [0, 0.1) is 0 Å². The molecule has 1 N–H and O–H groups in total. The zero-order valence-electron chi connectivity index (χ0n) is 12.0. The Kier molecular flexibility index (Phi) is 4.35. The van der Waals surface area contributed by atoms with E-state index in [9.17, 15) is 5.02 Å². The second-order valence-corrected chi connectivity index (χ2v) is 5.63. The van der Waals surface area contributed by atoms with Crippen molar-refractivity contribution in [1.29, 1.82) is 0 Å². The maximum absolute atomic E-state index is 9.74. The van der Waals surface area contributed by atoms with Gasteiger partial charge >= 0.3 is 7.32 Å². The van der Waals surface area contributed by atoms with Crippen LogP contribution in [0.4, 0.5) is 0 Å². The van der Waals surface area contributed by atoms with Crippen molar-refractivity contribution in [2.45, 2.75) is 26.2 Å². The van der Waals surface area contributed by atoms with E-state index in [4.69, 9.17) is 9.31 Å². The summed E-state index contributed by atoms with van der Waals surface area (Å²) >= 11 is 0. The van der Waals surface area contributed by atoms with Gasteiger partial charge in [-0.05, 0) is 35.2 Å². The molecule has 2 aromatic rings. The molecule has 0 aromatic heterocycles.